The minimum absolute atomic E-state index is 0.0886. The van der Waals surface area contributed by atoms with Crippen molar-refractivity contribution in [3.8, 4) is 0 Å². The Kier molecular flexibility index (Phi) is 2.78. The molecule has 1 aliphatic heterocycles. The highest BCUT2D eigenvalue weighted by molar-refractivity contribution is 5.82. The van der Waals surface area contributed by atoms with Crippen molar-refractivity contribution in [2.75, 3.05) is 19.8 Å². The quantitative estimate of drug-likeness (QED) is 0.695. The molecule has 1 saturated heterocycles. The summed E-state index contributed by atoms with van der Waals surface area (Å²) in [5.41, 5.74) is 0.287. The van der Waals surface area contributed by atoms with Crippen molar-refractivity contribution in [3.05, 3.63) is 0 Å². The number of rotatable bonds is 3. The van der Waals surface area contributed by atoms with Crippen LogP contribution in [0.4, 0.5) is 0 Å². The van der Waals surface area contributed by atoms with Gasteiger partial charge in [-0.1, -0.05) is 0 Å². The van der Waals surface area contributed by atoms with Gasteiger partial charge in [0, 0.05) is 17.8 Å². The molecule has 1 heterocycles. The van der Waals surface area contributed by atoms with Crippen LogP contribution < -0.4 is 0 Å². The molecule has 28 heavy (non-hydrogen) atoms. The van der Waals surface area contributed by atoms with Crippen molar-refractivity contribution in [2.45, 2.75) is 63.6 Å². The van der Waals surface area contributed by atoms with Gasteiger partial charge >= 0.3 is 5.97 Å². The third-order valence-electron chi connectivity index (χ3n) is 11.4. The fourth-order valence-electron chi connectivity index (χ4n) is 10.7. The smallest absolute Gasteiger partial charge is 0.312 e. The molecule has 8 aliphatic carbocycles. The molecule has 152 valence electrons. The van der Waals surface area contributed by atoms with E-state index in [9.17, 15) is 4.79 Å². The first-order valence-corrected chi connectivity index (χ1v) is 12.1. The highest BCUT2D eigenvalue weighted by Crippen LogP contribution is 2.87. The van der Waals surface area contributed by atoms with Crippen LogP contribution in [0.5, 0.6) is 0 Å². The van der Waals surface area contributed by atoms with Gasteiger partial charge in [-0.3, -0.25) is 4.79 Å². The van der Waals surface area contributed by atoms with Crippen LogP contribution in [-0.2, 0) is 19.0 Å². The Morgan fingerprint density at radius 1 is 0.857 bits per heavy atom. The highest BCUT2D eigenvalue weighted by atomic mass is 16.7. The molecule has 4 heteroatoms. The second kappa shape index (κ2) is 4.82. The summed E-state index contributed by atoms with van der Waals surface area (Å²) in [5, 5.41) is 0. The summed E-state index contributed by atoms with van der Waals surface area (Å²) in [7, 11) is 0. The number of carbonyl (C=O) groups excluding carboxylic acids is 1. The molecule has 6 bridgehead atoms. The van der Waals surface area contributed by atoms with Gasteiger partial charge < -0.3 is 14.2 Å². The summed E-state index contributed by atoms with van der Waals surface area (Å²) in [4.78, 5) is 13.1. The zero-order valence-electron chi connectivity index (χ0n) is 16.7. The van der Waals surface area contributed by atoms with E-state index < -0.39 is 0 Å². The summed E-state index contributed by atoms with van der Waals surface area (Å²) >= 11 is 0. The molecular weight excluding hydrogens is 352 g/mol. The minimum atomic E-state index is -0.277. The third-order valence-corrected chi connectivity index (χ3v) is 11.4. The average molecular weight is 385 g/mol. The van der Waals surface area contributed by atoms with Gasteiger partial charge in [-0.25, -0.2) is 0 Å². The van der Waals surface area contributed by atoms with Crippen LogP contribution in [0, 0.1) is 58.2 Å². The van der Waals surface area contributed by atoms with E-state index in [-0.39, 0.29) is 23.1 Å². The molecule has 6 atom stereocenters. The summed E-state index contributed by atoms with van der Waals surface area (Å²) in [6.07, 6.45) is 11.7. The molecule has 9 aliphatic rings. The van der Waals surface area contributed by atoms with E-state index >= 15 is 0 Å². The van der Waals surface area contributed by atoms with Gasteiger partial charge in [0.25, 0.3) is 0 Å². The van der Waals surface area contributed by atoms with Gasteiger partial charge in [0.05, 0.1) is 25.2 Å². The number of ether oxygens (including phenoxy) is 3. The maximum absolute atomic E-state index is 13.1. The molecule has 0 N–H and O–H groups in total. The van der Waals surface area contributed by atoms with E-state index in [1.54, 1.807) is 0 Å². The third kappa shape index (κ3) is 1.56. The van der Waals surface area contributed by atoms with Gasteiger partial charge in [-0.15, -0.1) is 0 Å². The van der Waals surface area contributed by atoms with Gasteiger partial charge in [0.1, 0.15) is 0 Å². The standard InChI is InChI=1S/C24H32O4/c25-21(22-8-18-3-14-4-19(9-22)23(18,22)7-14)26-10-15-11-27-24(28-12-15)17-2-13-1-16(6-17)20(24)5-13/h13-20H,1-12H2. The lowest BCUT2D eigenvalue weighted by atomic mass is 9.30. The van der Waals surface area contributed by atoms with Crippen LogP contribution in [0.25, 0.3) is 0 Å². The summed E-state index contributed by atoms with van der Waals surface area (Å²) in [6, 6.07) is 0. The van der Waals surface area contributed by atoms with Crippen molar-refractivity contribution >= 4 is 5.97 Å². The molecule has 0 aromatic heterocycles. The van der Waals surface area contributed by atoms with Gasteiger partial charge in [0.15, 0.2) is 5.79 Å². The first-order chi connectivity index (χ1) is 13.6. The van der Waals surface area contributed by atoms with Crippen LogP contribution in [-0.4, -0.2) is 31.6 Å². The molecule has 0 aromatic rings. The fraction of sp³-hybridized carbons (Fsp3) is 0.958. The van der Waals surface area contributed by atoms with Crippen LogP contribution in [0.1, 0.15) is 57.8 Å². The number of carbonyl (C=O) groups is 1. The predicted octanol–water partition coefficient (Wildman–Crippen LogP) is 3.78. The lowest BCUT2D eigenvalue weighted by Gasteiger charge is -2.72. The van der Waals surface area contributed by atoms with Crippen molar-refractivity contribution in [1.82, 2.24) is 0 Å². The fourth-order valence-corrected chi connectivity index (χ4v) is 10.7. The Hall–Kier alpha value is -0.610. The minimum Gasteiger partial charge on any atom is -0.465 e. The maximum Gasteiger partial charge on any atom is 0.312 e. The monoisotopic (exact) mass is 384 g/mol. The van der Waals surface area contributed by atoms with Crippen molar-refractivity contribution in [2.24, 2.45) is 58.2 Å². The van der Waals surface area contributed by atoms with Gasteiger partial charge in [-0.05, 0) is 92.8 Å². The van der Waals surface area contributed by atoms with E-state index in [1.165, 1.54) is 44.9 Å². The summed E-state index contributed by atoms with van der Waals surface area (Å²) < 4.78 is 18.9. The first kappa shape index (κ1) is 16.1. The number of esters is 1. The lowest BCUT2D eigenvalue weighted by molar-refractivity contribution is -0.330. The second-order valence-corrected chi connectivity index (χ2v) is 12.1. The molecule has 4 nitrogen and oxygen atoms in total. The van der Waals surface area contributed by atoms with Crippen molar-refractivity contribution < 1.29 is 19.0 Å². The van der Waals surface area contributed by atoms with E-state index in [2.05, 4.69) is 0 Å². The largest absolute Gasteiger partial charge is 0.465 e. The van der Waals surface area contributed by atoms with Crippen LogP contribution in [0.15, 0.2) is 0 Å². The Balaban J connectivity index is 0.921. The van der Waals surface area contributed by atoms with E-state index in [4.69, 9.17) is 14.2 Å². The second-order valence-electron chi connectivity index (χ2n) is 12.1. The molecule has 9 fully saturated rings. The molecule has 9 rings (SSSR count). The molecule has 0 radical (unpaired) electrons. The van der Waals surface area contributed by atoms with Crippen LogP contribution >= 0.6 is 0 Å². The van der Waals surface area contributed by atoms with E-state index in [0.29, 0.717) is 37.1 Å². The van der Waals surface area contributed by atoms with Crippen LogP contribution in [0.3, 0.4) is 0 Å². The molecule has 6 unspecified atom stereocenters. The summed E-state index contributed by atoms with van der Waals surface area (Å²) in [6.45, 7) is 1.92. The normalized spacial score (nSPS) is 64.0. The molecule has 8 saturated carbocycles. The van der Waals surface area contributed by atoms with Gasteiger partial charge in [-0.2, -0.15) is 0 Å². The summed E-state index contributed by atoms with van der Waals surface area (Å²) in [5.74, 6) is 5.69. The van der Waals surface area contributed by atoms with Crippen molar-refractivity contribution in [1.29, 1.82) is 0 Å². The Morgan fingerprint density at radius 2 is 1.61 bits per heavy atom. The first-order valence-electron chi connectivity index (χ1n) is 12.1. The SMILES string of the molecule is O=C(OCC1COC2(OC1)C1CC3CC(C1)C2C3)C12CC3CC4CC(C1)C32C4. The number of fused-ring (bicyclic) bond motifs is 1. The van der Waals surface area contributed by atoms with Gasteiger partial charge in [0.2, 0.25) is 0 Å². The zero-order valence-corrected chi connectivity index (χ0v) is 16.7. The topological polar surface area (TPSA) is 44.8 Å². The Bertz CT molecular complexity index is 732. The van der Waals surface area contributed by atoms with E-state index in [0.717, 1.165) is 42.4 Å². The van der Waals surface area contributed by atoms with Crippen LogP contribution in [0.2, 0.25) is 0 Å². The lowest BCUT2D eigenvalue weighted by Crippen LogP contribution is -2.71. The Labute approximate surface area is 167 Å². The number of hydrogen-bond donors (Lipinski definition) is 0. The van der Waals surface area contributed by atoms with Crippen molar-refractivity contribution in [3.63, 3.8) is 0 Å². The maximum atomic E-state index is 13.1. The molecule has 0 amide bonds. The predicted molar refractivity (Wildman–Crippen MR) is 99.9 cm³/mol. The molecular formula is C24H32O4. The molecule has 2 spiro atoms. The van der Waals surface area contributed by atoms with E-state index in [1.807, 2.05) is 0 Å². The zero-order chi connectivity index (χ0) is 18.3. The Morgan fingerprint density at radius 3 is 2.32 bits per heavy atom. The number of hydrogen-bond acceptors (Lipinski definition) is 4. The highest BCUT2D eigenvalue weighted by Gasteiger charge is 2.84. The molecule has 0 aromatic carbocycles. The average Bonchev–Trinajstić information content (AvgIpc) is 3.35.